The molecule has 3 aromatic carbocycles. The quantitative estimate of drug-likeness (QED) is 0.492. The third kappa shape index (κ3) is 2.86. The molecule has 0 saturated carbocycles. The average molecular weight is 387 g/mol. The number of para-hydroxylation sites is 1. The summed E-state index contributed by atoms with van der Waals surface area (Å²) in [6.45, 7) is 2.02. The number of hydrogen-bond donors (Lipinski definition) is 0. The highest BCUT2D eigenvalue weighted by Crippen LogP contribution is 2.49. The summed E-state index contributed by atoms with van der Waals surface area (Å²) in [6.07, 6.45) is -0.784. The summed E-state index contributed by atoms with van der Waals surface area (Å²) in [5.41, 5.74) is 3.67. The average Bonchev–Trinajstić information content (AvgIpc) is 2.97. The number of methoxy groups -OCH3 is 1. The maximum atomic E-state index is 13.7. The zero-order chi connectivity index (χ0) is 20.6. The largest absolute Gasteiger partial charge is 0.513 e. The van der Waals surface area contributed by atoms with Crippen molar-refractivity contribution < 1.29 is 19.1 Å². The normalized spacial score (nSPS) is 17.8. The molecule has 1 aliphatic heterocycles. The number of carbonyl (C=O) groups is 2. The van der Waals surface area contributed by atoms with Crippen LogP contribution in [0.1, 0.15) is 22.3 Å². The lowest BCUT2D eigenvalue weighted by Crippen LogP contribution is -2.40. The molecule has 0 N–H and O–H groups in total. The Morgan fingerprint density at radius 1 is 0.897 bits per heavy atom. The highest BCUT2D eigenvalue weighted by molar-refractivity contribution is 6.12. The molecule has 1 heterocycles. The van der Waals surface area contributed by atoms with Crippen LogP contribution in [0.25, 0.3) is 0 Å². The smallest absolute Gasteiger partial charge is 0.437 e. The first kappa shape index (κ1) is 18.7. The molecular formula is C24H21NO4. The number of likely N-dealkylation sites (N-methyl/N-ethyl adjacent to an activating group) is 1. The summed E-state index contributed by atoms with van der Waals surface area (Å²) in [7, 11) is 3.05. The number of anilines is 1. The van der Waals surface area contributed by atoms with Crippen LogP contribution in [0.5, 0.6) is 5.75 Å². The summed E-state index contributed by atoms with van der Waals surface area (Å²) in [5, 5.41) is 0. The minimum atomic E-state index is -0.969. The molecule has 5 heteroatoms. The summed E-state index contributed by atoms with van der Waals surface area (Å²) < 4.78 is 9.64. The van der Waals surface area contributed by atoms with Crippen molar-refractivity contribution in [1.82, 2.24) is 0 Å². The van der Waals surface area contributed by atoms with E-state index < -0.39 is 11.6 Å². The van der Waals surface area contributed by atoms with Crippen molar-refractivity contribution in [2.24, 2.45) is 0 Å². The number of rotatable bonds is 3. The van der Waals surface area contributed by atoms with Crippen molar-refractivity contribution in [3.63, 3.8) is 0 Å². The van der Waals surface area contributed by atoms with Crippen LogP contribution < -0.4 is 9.64 Å². The minimum absolute atomic E-state index is 0.0239. The van der Waals surface area contributed by atoms with E-state index in [1.807, 2.05) is 67.6 Å². The molecule has 3 aromatic rings. The first-order valence-corrected chi connectivity index (χ1v) is 9.29. The molecule has 146 valence electrons. The fraction of sp³-hybridized carbons (Fsp3) is 0.167. The molecule has 1 unspecified atom stereocenters. The Bertz CT molecular complexity index is 1070. The Hall–Kier alpha value is -3.60. The highest BCUT2D eigenvalue weighted by atomic mass is 16.7. The molecular weight excluding hydrogens is 366 g/mol. The van der Waals surface area contributed by atoms with Gasteiger partial charge in [0.15, 0.2) is 0 Å². The predicted octanol–water partition coefficient (Wildman–Crippen LogP) is 4.45. The molecule has 0 bridgehead atoms. The Morgan fingerprint density at radius 2 is 1.48 bits per heavy atom. The summed E-state index contributed by atoms with van der Waals surface area (Å²) in [4.78, 5) is 26.8. The van der Waals surface area contributed by atoms with E-state index in [0.717, 1.165) is 27.9 Å². The molecule has 0 saturated heterocycles. The van der Waals surface area contributed by atoms with Gasteiger partial charge in [-0.3, -0.25) is 4.79 Å². The first-order valence-electron chi connectivity index (χ1n) is 9.29. The number of amides is 1. The predicted molar refractivity (Wildman–Crippen MR) is 110 cm³/mol. The fourth-order valence-corrected chi connectivity index (χ4v) is 4.00. The molecule has 0 radical (unpaired) electrons. The maximum Gasteiger partial charge on any atom is 0.513 e. The van der Waals surface area contributed by atoms with Crippen LogP contribution in [0.3, 0.4) is 0 Å². The van der Waals surface area contributed by atoms with E-state index in [-0.39, 0.29) is 5.91 Å². The minimum Gasteiger partial charge on any atom is -0.437 e. The zero-order valence-electron chi connectivity index (χ0n) is 16.5. The van der Waals surface area contributed by atoms with E-state index >= 15 is 0 Å². The lowest BCUT2D eigenvalue weighted by atomic mass is 9.70. The van der Waals surface area contributed by atoms with Gasteiger partial charge in [-0.2, -0.15) is 0 Å². The van der Waals surface area contributed by atoms with Crippen LogP contribution in [0.15, 0.2) is 72.8 Å². The van der Waals surface area contributed by atoms with Gasteiger partial charge in [0.1, 0.15) is 11.2 Å². The number of fused-ring (bicyclic) bond motifs is 1. The van der Waals surface area contributed by atoms with Gasteiger partial charge in [-0.1, -0.05) is 60.2 Å². The topological polar surface area (TPSA) is 55.8 Å². The lowest BCUT2D eigenvalue weighted by Gasteiger charge is -2.30. The van der Waals surface area contributed by atoms with Gasteiger partial charge in [0.2, 0.25) is 5.91 Å². The van der Waals surface area contributed by atoms with Gasteiger partial charge in [-0.05, 0) is 36.2 Å². The second-order valence-electron chi connectivity index (χ2n) is 7.08. The first-order chi connectivity index (χ1) is 14.0. The van der Waals surface area contributed by atoms with Crippen molar-refractivity contribution in [2.45, 2.75) is 12.3 Å². The Kier molecular flexibility index (Phi) is 4.59. The summed E-state index contributed by atoms with van der Waals surface area (Å²) in [5.74, 6) is 0.330. The molecule has 4 rings (SSSR count). The molecule has 1 amide bonds. The maximum absolute atomic E-state index is 13.7. The van der Waals surface area contributed by atoms with E-state index in [1.54, 1.807) is 24.1 Å². The van der Waals surface area contributed by atoms with E-state index in [1.165, 1.54) is 7.11 Å². The van der Waals surface area contributed by atoms with E-state index in [2.05, 4.69) is 4.74 Å². The van der Waals surface area contributed by atoms with E-state index in [4.69, 9.17) is 4.74 Å². The van der Waals surface area contributed by atoms with Gasteiger partial charge in [-0.25, -0.2) is 4.79 Å². The lowest BCUT2D eigenvalue weighted by molar-refractivity contribution is -0.120. The number of hydrogen-bond acceptors (Lipinski definition) is 4. The van der Waals surface area contributed by atoms with Crippen LogP contribution in [-0.4, -0.2) is 26.2 Å². The van der Waals surface area contributed by atoms with Crippen LogP contribution in [0.2, 0.25) is 0 Å². The van der Waals surface area contributed by atoms with Gasteiger partial charge >= 0.3 is 6.16 Å². The number of ether oxygens (including phenoxy) is 2. The van der Waals surface area contributed by atoms with Gasteiger partial charge in [0.05, 0.1) is 7.11 Å². The monoisotopic (exact) mass is 387 g/mol. The molecule has 0 aromatic heterocycles. The SMILES string of the molecule is COC(=O)Oc1ccc(C2(c3ccc(C)cc3)C(=O)N(C)c3ccccc32)cc1. The van der Waals surface area contributed by atoms with Crippen molar-refractivity contribution in [1.29, 1.82) is 0 Å². The van der Waals surface area contributed by atoms with E-state index in [9.17, 15) is 9.59 Å². The van der Waals surface area contributed by atoms with Gasteiger partial charge in [-0.15, -0.1) is 0 Å². The van der Waals surface area contributed by atoms with Crippen molar-refractivity contribution in [3.05, 3.63) is 95.1 Å². The zero-order valence-corrected chi connectivity index (χ0v) is 16.5. The van der Waals surface area contributed by atoms with Crippen LogP contribution in [0, 0.1) is 6.92 Å². The third-order valence-electron chi connectivity index (χ3n) is 5.43. The highest BCUT2D eigenvalue weighted by Gasteiger charge is 2.52. The molecule has 1 aliphatic rings. The second kappa shape index (κ2) is 7.09. The number of benzene rings is 3. The standard InChI is InChI=1S/C24H21NO4/c1-16-8-10-17(11-9-16)24(18-12-14-19(15-13-18)29-23(27)28-3)20-6-4-5-7-21(20)25(2)22(24)26/h4-15H,1-3H3. The molecule has 5 nitrogen and oxygen atoms in total. The van der Waals surface area contributed by atoms with Gasteiger partial charge in [0.25, 0.3) is 0 Å². The molecule has 0 fully saturated rings. The van der Waals surface area contributed by atoms with Crippen molar-refractivity contribution in [2.75, 3.05) is 19.1 Å². The van der Waals surface area contributed by atoms with Crippen molar-refractivity contribution in [3.8, 4) is 5.75 Å². The molecule has 1 atom stereocenters. The third-order valence-corrected chi connectivity index (χ3v) is 5.43. The molecule has 0 spiro atoms. The number of aryl methyl sites for hydroxylation is 1. The van der Waals surface area contributed by atoms with Crippen LogP contribution in [0.4, 0.5) is 10.5 Å². The Morgan fingerprint density at radius 3 is 2.10 bits per heavy atom. The Balaban J connectivity index is 1.93. The Labute approximate surface area is 169 Å². The summed E-state index contributed by atoms with van der Waals surface area (Å²) in [6, 6.07) is 22.9. The van der Waals surface area contributed by atoms with Gasteiger partial charge < -0.3 is 14.4 Å². The van der Waals surface area contributed by atoms with Crippen molar-refractivity contribution >= 4 is 17.7 Å². The summed E-state index contributed by atoms with van der Waals surface area (Å²) >= 11 is 0. The number of nitrogens with zero attached hydrogens (tertiary/aromatic N) is 1. The molecule has 29 heavy (non-hydrogen) atoms. The fourth-order valence-electron chi connectivity index (χ4n) is 4.00. The van der Waals surface area contributed by atoms with E-state index in [0.29, 0.717) is 5.75 Å². The number of carbonyl (C=O) groups excluding carboxylic acids is 2. The van der Waals surface area contributed by atoms with Gasteiger partial charge in [0, 0.05) is 18.3 Å². The van der Waals surface area contributed by atoms with Crippen LogP contribution >= 0.6 is 0 Å². The van der Waals surface area contributed by atoms with Crippen LogP contribution in [-0.2, 0) is 14.9 Å². The molecule has 0 aliphatic carbocycles. The second-order valence-corrected chi connectivity index (χ2v) is 7.08.